The van der Waals surface area contributed by atoms with E-state index in [4.69, 9.17) is 23.2 Å². The van der Waals surface area contributed by atoms with Crippen LogP contribution in [-0.2, 0) is 17.4 Å². The van der Waals surface area contributed by atoms with E-state index >= 15 is 0 Å². The first kappa shape index (κ1) is 32.5. The van der Waals surface area contributed by atoms with Crippen LogP contribution in [0.4, 0.5) is 17.6 Å². The number of halogens is 6. The van der Waals surface area contributed by atoms with Gasteiger partial charge in [-0.3, -0.25) is 0 Å². The van der Waals surface area contributed by atoms with E-state index in [1.54, 1.807) is 12.1 Å². The molecule has 0 aromatic heterocycles. The number of hydrogen-bond donors (Lipinski definition) is 3. The van der Waals surface area contributed by atoms with Crippen molar-refractivity contribution in [1.29, 1.82) is 0 Å². The molecule has 2 fully saturated rings. The van der Waals surface area contributed by atoms with Crippen molar-refractivity contribution in [3.63, 3.8) is 0 Å². The van der Waals surface area contributed by atoms with Gasteiger partial charge in [0.15, 0.2) is 0 Å². The fourth-order valence-electron chi connectivity index (χ4n) is 6.37. The highest BCUT2D eigenvalue weighted by molar-refractivity contribution is 6.31. The minimum atomic E-state index is -3.11. The summed E-state index contributed by atoms with van der Waals surface area (Å²) in [5, 5.41) is 32.9. The number of likely N-dealkylation sites (tertiary alicyclic amines) is 1. The number of nitrogens with zero attached hydrogens (tertiary/aromatic N) is 1. The third kappa shape index (κ3) is 7.95. The lowest BCUT2D eigenvalue weighted by Gasteiger charge is -2.38. The molecule has 1 saturated carbocycles. The summed E-state index contributed by atoms with van der Waals surface area (Å²) in [4.78, 5) is 2.15. The van der Waals surface area contributed by atoms with Crippen molar-refractivity contribution < 1.29 is 32.9 Å². The normalized spacial score (nSPS) is 24.8. The van der Waals surface area contributed by atoms with Crippen LogP contribution >= 0.6 is 23.2 Å². The summed E-state index contributed by atoms with van der Waals surface area (Å²) in [6.45, 7) is 3.41. The quantitative estimate of drug-likeness (QED) is 0.251. The number of aliphatic hydroxyl groups is 3. The van der Waals surface area contributed by atoms with Crippen LogP contribution in [0, 0.1) is 11.8 Å². The Balaban J connectivity index is 1.25. The number of alkyl halides is 4. The molecule has 2 atom stereocenters. The van der Waals surface area contributed by atoms with E-state index in [1.807, 2.05) is 0 Å². The molecule has 4 nitrogen and oxygen atoms in total. The lowest BCUT2D eigenvalue weighted by molar-refractivity contribution is -0.0247. The number of β-amino-alcohol motifs (C(OH)–C–C–N with tert-alkyl or cyclic N) is 1. The van der Waals surface area contributed by atoms with Crippen LogP contribution in [0.15, 0.2) is 36.4 Å². The van der Waals surface area contributed by atoms with Gasteiger partial charge in [-0.25, -0.2) is 17.6 Å². The highest BCUT2D eigenvalue weighted by Gasteiger charge is 2.38. The summed E-state index contributed by atoms with van der Waals surface area (Å²) in [5.74, 6) is -6.08. The molecule has 1 saturated heterocycles. The molecule has 1 aliphatic carbocycles. The minimum Gasteiger partial charge on any atom is -0.392 e. The average molecular weight is 621 g/mol. The van der Waals surface area contributed by atoms with Crippen molar-refractivity contribution in [3.8, 4) is 0 Å². The van der Waals surface area contributed by atoms with Crippen molar-refractivity contribution in [3.05, 3.63) is 68.7 Å². The van der Waals surface area contributed by atoms with Crippen LogP contribution in [0.5, 0.6) is 0 Å². The largest absolute Gasteiger partial charge is 0.392 e. The van der Waals surface area contributed by atoms with Crippen molar-refractivity contribution in [2.24, 2.45) is 11.8 Å². The van der Waals surface area contributed by atoms with Gasteiger partial charge in [-0.1, -0.05) is 35.3 Å². The highest BCUT2D eigenvalue weighted by atomic mass is 35.5. The van der Waals surface area contributed by atoms with Crippen LogP contribution in [-0.4, -0.2) is 46.0 Å². The number of piperidine rings is 1. The van der Waals surface area contributed by atoms with E-state index in [2.05, 4.69) is 4.90 Å². The molecule has 4 rings (SSSR count). The van der Waals surface area contributed by atoms with E-state index in [9.17, 15) is 32.9 Å². The molecule has 1 aliphatic heterocycles. The maximum atomic E-state index is 14.0. The molecule has 228 valence electrons. The monoisotopic (exact) mass is 619 g/mol. The van der Waals surface area contributed by atoms with Crippen molar-refractivity contribution in [1.82, 2.24) is 4.90 Å². The number of aliphatic hydroxyl groups excluding tert-OH is 2. The molecule has 41 heavy (non-hydrogen) atoms. The topological polar surface area (TPSA) is 63.9 Å². The fraction of sp³-hybridized carbons (Fsp3) is 0.613. The Morgan fingerprint density at radius 1 is 0.878 bits per heavy atom. The molecule has 0 spiro atoms. The van der Waals surface area contributed by atoms with Gasteiger partial charge in [0.25, 0.3) is 11.8 Å². The molecule has 1 heterocycles. The second kappa shape index (κ2) is 12.7. The third-order valence-electron chi connectivity index (χ3n) is 8.87. The van der Waals surface area contributed by atoms with Crippen LogP contribution < -0.4 is 0 Å². The van der Waals surface area contributed by atoms with Crippen LogP contribution in [0.25, 0.3) is 0 Å². The number of rotatable bonds is 9. The maximum Gasteiger partial charge on any atom is 0.271 e. The zero-order chi connectivity index (χ0) is 30.2. The van der Waals surface area contributed by atoms with Gasteiger partial charge in [-0.05, 0) is 105 Å². The summed E-state index contributed by atoms with van der Waals surface area (Å²) in [6.07, 6.45) is 2.66. The molecule has 0 bridgehead atoms. The summed E-state index contributed by atoms with van der Waals surface area (Å²) >= 11 is 11.9. The smallest absolute Gasteiger partial charge is 0.271 e. The van der Waals surface area contributed by atoms with Crippen LogP contribution in [0.3, 0.4) is 0 Å². The standard InChI is InChI=1S/C31H39Cl2F4NO3/c1-29(34,35)24-16-21(3-5-26(24)32)28(40)20-9-13-38(14-10-20)18-23(39)15-19-7-11-31(41,12-8-19)22-4-6-27(33)25(17-22)30(2,36)37/h3-6,16-17,19-20,23,28,39-41H,7-15,18H2,1-2H3/t19?,23?,28-,31?/m1/s1. The third-order valence-corrected chi connectivity index (χ3v) is 9.53. The van der Waals surface area contributed by atoms with Crippen molar-refractivity contribution >= 4 is 23.2 Å². The molecule has 0 radical (unpaired) electrons. The molecular weight excluding hydrogens is 581 g/mol. The van der Waals surface area contributed by atoms with Gasteiger partial charge in [0.05, 0.1) is 17.8 Å². The van der Waals surface area contributed by atoms with E-state index < -0.39 is 29.7 Å². The first-order valence-electron chi connectivity index (χ1n) is 14.2. The Kier molecular flexibility index (Phi) is 10.0. The van der Waals surface area contributed by atoms with E-state index in [1.165, 1.54) is 24.3 Å². The van der Waals surface area contributed by atoms with E-state index in [0.717, 1.165) is 13.8 Å². The lowest BCUT2D eigenvalue weighted by Crippen LogP contribution is -2.41. The SMILES string of the molecule is CC(F)(F)c1cc([C@H](O)C2CCN(CC(O)CC3CCC(O)(c4ccc(Cl)c(C(C)(F)F)c4)CC3)CC2)ccc1Cl. The minimum absolute atomic E-state index is 0.0273. The Morgan fingerprint density at radius 2 is 1.41 bits per heavy atom. The zero-order valence-electron chi connectivity index (χ0n) is 23.4. The average Bonchev–Trinajstić information content (AvgIpc) is 2.89. The van der Waals surface area contributed by atoms with Gasteiger partial charge in [-0.15, -0.1) is 0 Å². The van der Waals surface area contributed by atoms with Crippen molar-refractivity contribution in [2.75, 3.05) is 19.6 Å². The van der Waals surface area contributed by atoms with Crippen molar-refractivity contribution in [2.45, 2.75) is 88.4 Å². The molecule has 0 amide bonds. The summed E-state index contributed by atoms with van der Waals surface area (Å²) < 4.78 is 55.7. The van der Waals surface area contributed by atoms with Gasteiger partial charge in [-0.2, -0.15) is 0 Å². The predicted molar refractivity (Wildman–Crippen MR) is 153 cm³/mol. The van der Waals surface area contributed by atoms with Gasteiger partial charge < -0.3 is 20.2 Å². The maximum absolute atomic E-state index is 14.0. The molecule has 2 aliphatic rings. The van der Waals surface area contributed by atoms with E-state index in [-0.39, 0.29) is 33.0 Å². The molecule has 1 unspecified atom stereocenters. The Bertz CT molecular complexity index is 1190. The lowest BCUT2D eigenvalue weighted by atomic mass is 9.73. The van der Waals surface area contributed by atoms with Gasteiger partial charge in [0, 0.05) is 41.6 Å². The summed E-state index contributed by atoms with van der Waals surface area (Å²) in [6, 6.07) is 8.62. The second-order valence-corrected chi connectivity index (χ2v) is 13.0. The van der Waals surface area contributed by atoms with Gasteiger partial charge >= 0.3 is 0 Å². The predicted octanol–water partition coefficient (Wildman–Crippen LogP) is 7.79. The number of benzene rings is 2. The second-order valence-electron chi connectivity index (χ2n) is 12.2. The highest BCUT2D eigenvalue weighted by Crippen LogP contribution is 2.44. The van der Waals surface area contributed by atoms with E-state index in [0.29, 0.717) is 75.7 Å². The Labute approximate surface area is 249 Å². The first-order chi connectivity index (χ1) is 19.1. The molecule has 2 aromatic rings. The number of hydrogen-bond acceptors (Lipinski definition) is 4. The first-order valence-corrected chi connectivity index (χ1v) is 15.0. The Morgan fingerprint density at radius 3 is 1.98 bits per heavy atom. The molecule has 3 N–H and O–H groups in total. The zero-order valence-corrected chi connectivity index (χ0v) is 24.9. The molecular formula is C31H39Cl2F4NO3. The van der Waals surface area contributed by atoms with Gasteiger partial charge in [0.2, 0.25) is 0 Å². The summed E-state index contributed by atoms with van der Waals surface area (Å²) in [7, 11) is 0. The van der Waals surface area contributed by atoms with Crippen LogP contribution in [0.2, 0.25) is 10.0 Å². The Hall–Kier alpha value is -1.42. The summed E-state index contributed by atoms with van der Waals surface area (Å²) in [5.41, 5.74) is -0.912. The fourth-order valence-corrected chi connectivity index (χ4v) is 6.94. The van der Waals surface area contributed by atoms with Gasteiger partial charge in [0.1, 0.15) is 0 Å². The van der Waals surface area contributed by atoms with Crippen LogP contribution in [0.1, 0.15) is 87.2 Å². The molecule has 10 heteroatoms. The molecule has 2 aromatic carbocycles.